The van der Waals surface area contributed by atoms with Crippen LogP contribution in [0.15, 0.2) is 36.4 Å². The van der Waals surface area contributed by atoms with E-state index in [1.165, 1.54) is 7.11 Å². The lowest BCUT2D eigenvalue weighted by Gasteiger charge is -2.24. The topological polar surface area (TPSA) is 92.7 Å². The average Bonchev–Trinajstić information content (AvgIpc) is 3.15. The van der Waals surface area contributed by atoms with Crippen LogP contribution in [0.3, 0.4) is 0 Å². The van der Waals surface area contributed by atoms with Crippen LogP contribution in [0.5, 0.6) is 0 Å². The minimum atomic E-state index is -0.955. The van der Waals surface area contributed by atoms with Crippen molar-refractivity contribution in [2.24, 2.45) is 23.7 Å². The van der Waals surface area contributed by atoms with Gasteiger partial charge in [-0.2, -0.15) is 0 Å². The number of allylic oxidation sites excluding steroid dienone is 2. The Morgan fingerprint density at radius 1 is 1.13 bits per heavy atom. The molecule has 1 saturated carbocycles. The van der Waals surface area contributed by atoms with Crippen molar-refractivity contribution in [1.29, 1.82) is 0 Å². The molecule has 6 nitrogen and oxygen atoms in total. The Labute approximate surface area is 133 Å². The van der Waals surface area contributed by atoms with Gasteiger partial charge in [-0.3, -0.25) is 9.59 Å². The highest BCUT2D eigenvalue weighted by Crippen LogP contribution is 2.48. The van der Waals surface area contributed by atoms with Crippen LogP contribution in [0.1, 0.15) is 16.8 Å². The van der Waals surface area contributed by atoms with Gasteiger partial charge in [-0.1, -0.05) is 24.3 Å². The van der Waals surface area contributed by atoms with Gasteiger partial charge in [-0.15, -0.1) is 0 Å². The van der Waals surface area contributed by atoms with E-state index in [1.807, 2.05) is 12.2 Å². The maximum absolute atomic E-state index is 12.6. The number of carboxylic acid groups (broad SMARTS) is 1. The monoisotopic (exact) mass is 315 g/mol. The summed E-state index contributed by atoms with van der Waals surface area (Å²) in [6.45, 7) is 0. The van der Waals surface area contributed by atoms with Gasteiger partial charge in [0.1, 0.15) is 0 Å². The summed E-state index contributed by atoms with van der Waals surface area (Å²) >= 11 is 0. The fraction of sp³-hybridized carbons (Fsp3) is 0.353. The number of ether oxygens (including phenoxy) is 1. The highest BCUT2D eigenvalue weighted by Gasteiger charge is 2.51. The van der Waals surface area contributed by atoms with E-state index in [0.717, 1.165) is 0 Å². The number of carbonyl (C=O) groups excluding carboxylic acids is 2. The second kappa shape index (κ2) is 5.87. The molecule has 23 heavy (non-hydrogen) atoms. The number of amides is 1. The first-order chi connectivity index (χ1) is 11.0. The zero-order valence-corrected chi connectivity index (χ0v) is 12.6. The van der Waals surface area contributed by atoms with Crippen LogP contribution in [0.4, 0.5) is 5.69 Å². The molecule has 0 radical (unpaired) electrons. The Kier molecular flexibility index (Phi) is 3.90. The molecule has 0 spiro atoms. The number of fused-ring (bicyclic) bond motifs is 2. The van der Waals surface area contributed by atoms with Gasteiger partial charge in [-0.05, 0) is 30.4 Å². The van der Waals surface area contributed by atoms with Crippen molar-refractivity contribution in [2.75, 3.05) is 12.4 Å². The van der Waals surface area contributed by atoms with Crippen molar-refractivity contribution in [3.63, 3.8) is 0 Å². The zero-order chi connectivity index (χ0) is 16.6. The van der Waals surface area contributed by atoms with Crippen molar-refractivity contribution in [2.45, 2.75) is 6.42 Å². The molecule has 1 amide bonds. The van der Waals surface area contributed by atoms with Crippen LogP contribution in [0, 0.1) is 23.7 Å². The van der Waals surface area contributed by atoms with Gasteiger partial charge in [0.2, 0.25) is 5.91 Å². The third-order valence-electron chi connectivity index (χ3n) is 4.64. The number of hydrogen-bond donors (Lipinski definition) is 2. The van der Waals surface area contributed by atoms with E-state index in [2.05, 4.69) is 5.32 Å². The summed E-state index contributed by atoms with van der Waals surface area (Å²) in [6, 6.07) is 6.51. The SMILES string of the molecule is COC(=O)c1ccccc1NC(=O)[C@H]1C2C=CC(C2)[C@H]1C(=O)O. The number of aliphatic carboxylic acids is 1. The van der Waals surface area contributed by atoms with E-state index in [9.17, 15) is 19.5 Å². The lowest BCUT2D eigenvalue weighted by molar-refractivity contribution is -0.146. The van der Waals surface area contributed by atoms with Crippen LogP contribution in [-0.2, 0) is 14.3 Å². The zero-order valence-electron chi connectivity index (χ0n) is 12.6. The maximum atomic E-state index is 12.6. The normalized spacial score (nSPS) is 27.7. The number of hydrogen-bond acceptors (Lipinski definition) is 4. The van der Waals surface area contributed by atoms with Gasteiger partial charge in [0.15, 0.2) is 0 Å². The Balaban J connectivity index is 1.84. The fourth-order valence-electron chi connectivity index (χ4n) is 3.61. The van der Waals surface area contributed by atoms with E-state index in [0.29, 0.717) is 12.1 Å². The molecule has 0 heterocycles. The number of carboxylic acids is 1. The van der Waals surface area contributed by atoms with Crippen molar-refractivity contribution < 1.29 is 24.2 Å². The van der Waals surface area contributed by atoms with E-state index in [4.69, 9.17) is 4.74 Å². The third-order valence-corrected chi connectivity index (χ3v) is 4.64. The summed E-state index contributed by atoms with van der Waals surface area (Å²) in [7, 11) is 1.27. The number of carbonyl (C=O) groups is 3. The molecule has 3 rings (SSSR count). The maximum Gasteiger partial charge on any atom is 0.339 e. The highest BCUT2D eigenvalue weighted by molar-refractivity contribution is 6.03. The molecule has 0 aromatic heterocycles. The lowest BCUT2D eigenvalue weighted by atomic mass is 9.82. The van der Waals surface area contributed by atoms with Crippen molar-refractivity contribution in [1.82, 2.24) is 0 Å². The van der Waals surface area contributed by atoms with E-state index < -0.39 is 23.8 Å². The molecule has 1 aromatic rings. The van der Waals surface area contributed by atoms with E-state index in [1.54, 1.807) is 24.3 Å². The van der Waals surface area contributed by atoms with Gasteiger partial charge < -0.3 is 15.2 Å². The van der Waals surface area contributed by atoms with Crippen LogP contribution in [-0.4, -0.2) is 30.1 Å². The number of nitrogens with one attached hydrogen (secondary N) is 1. The molecule has 0 aliphatic heterocycles. The second-order valence-electron chi connectivity index (χ2n) is 5.86. The fourth-order valence-corrected chi connectivity index (χ4v) is 3.61. The van der Waals surface area contributed by atoms with Crippen LogP contribution in [0.25, 0.3) is 0 Å². The minimum absolute atomic E-state index is 0.0635. The molecule has 1 fully saturated rings. The Bertz CT molecular complexity index is 696. The van der Waals surface area contributed by atoms with Crippen molar-refractivity contribution >= 4 is 23.5 Å². The standard InChI is InChI=1S/C17H17NO5/c1-23-17(22)11-4-2-3-5-12(11)18-15(19)13-9-6-7-10(8-9)14(13)16(20)21/h2-7,9-10,13-14H,8H2,1H3,(H,18,19)(H,20,21)/t9?,10?,13-,14+/m0/s1. The molecule has 2 bridgehead atoms. The molecule has 2 unspecified atom stereocenters. The van der Waals surface area contributed by atoms with Gasteiger partial charge in [-0.25, -0.2) is 4.79 Å². The predicted octanol–water partition coefficient (Wildman–Crippen LogP) is 1.93. The van der Waals surface area contributed by atoms with Gasteiger partial charge in [0.05, 0.1) is 30.2 Å². The molecule has 2 N–H and O–H groups in total. The Morgan fingerprint density at radius 3 is 2.43 bits per heavy atom. The Hall–Kier alpha value is -2.63. The largest absolute Gasteiger partial charge is 0.481 e. The summed E-state index contributed by atoms with van der Waals surface area (Å²) in [6.07, 6.45) is 4.49. The van der Waals surface area contributed by atoms with Crippen molar-refractivity contribution in [3.05, 3.63) is 42.0 Å². The molecule has 1 aromatic carbocycles. The first kappa shape index (κ1) is 15.3. The first-order valence-corrected chi connectivity index (χ1v) is 7.42. The molecule has 2 aliphatic rings. The van der Waals surface area contributed by atoms with Crippen LogP contribution in [0.2, 0.25) is 0 Å². The predicted molar refractivity (Wildman–Crippen MR) is 81.8 cm³/mol. The molecular formula is C17H17NO5. The molecular weight excluding hydrogens is 298 g/mol. The quantitative estimate of drug-likeness (QED) is 0.654. The summed E-state index contributed by atoms with van der Waals surface area (Å²) in [4.78, 5) is 35.9. The number of anilines is 1. The molecule has 4 atom stereocenters. The first-order valence-electron chi connectivity index (χ1n) is 7.42. The van der Waals surface area contributed by atoms with Gasteiger partial charge >= 0.3 is 11.9 Å². The molecule has 6 heteroatoms. The lowest BCUT2D eigenvalue weighted by Crippen LogP contribution is -2.36. The number of para-hydroxylation sites is 1. The molecule has 2 aliphatic carbocycles. The smallest absolute Gasteiger partial charge is 0.339 e. The summed E-state index contributed by atoms with van der Waals surface area (Å²) in [5.74, 6) is -3.36. The summed E-state index contributed by atoms with van der Waals surface area (Å²) < 4.78 is 4.70. The molecule has 120 valence electrons. The number of esters is 1. The average molecular weight is 315 g/mol. The van der Waals surface area contributed by atoms with Gasteiger partial charge in [0, 0.05) is 0 Å². The van der Waals surface area contributed by atoms with Crippen LogP contribution >= 0.6 is 0 Å². The Morgan fingerprint density at radius 2 is 1.78 bits per heavy atom. The third kappa shape index (κ3) is 2.60. The van der Waals surface area contributed by atoms with E-state index in [-0.39, 0.29) is 23.3 Å². The number of methoxy groups -OCH3 is 1. The molecule has 0 saturated heterocycles. The minimum Gasteiger partial charge on any atom is -0.481 e. The summed E-state index contributed by atoms with van der Waals surface area (Å²) in [5, 5.41) is 12.1. The van der Waals surface area contributed by atoms with Crippen molar-refractivity contribution in [3.8, 4) is 0 Å². The van der Waals surface area contributed by atoms with Crippen LogP contribution < -0.4 is 5.32 Å². The van der Waals surface area contributed by atoms with E-state index >= 15 is 0 Å². The van der Waals surface area contributed by atoms with Gasteiger partial charge in [0.25, 0.3) is 0 Å². The second-order valence-corrected chi connectivity index (χ2v) is 5.86. The highest BCUT2D eigenvalue weighted by atomic mass is 16.5. The number of benzene rings is 1. The summed E-state index contributed by atoms with van der Waals surface area (Å²) in [5.41, 5.74) is 0.578. The number of rotatable bonds is 4.